The first-order chi connectivity index (χ1) is 12.3. The lowest BCUT2D eigenvalue weighted by atomic mass is 9.77. The molecule has 4 rings (SSSR count). The van der Waals surface area contributed by atoms with Crippen LogP contribution in [0.15, 0.2) is 18.2 Å². The average molecular weight is 415 g/mol. The molecule has 0 aliphatic carbocycles. The number of carbonyl (C=O) groups excluding carboxylic acids is 3. The summed E-state index contributed by atoms with van der Waals surface area (Å²) in [5, 5.41) is 11.0. The fraction of sp³-hybridized carbons (Fsp3) is 0.500. The van der Waals surface area contributed by atoms with Gasteiger partial charge in [-0.3, -0.25) is 29.4 Å². The van der Waals surface area contributed by atoms with E-state index in [-0.39, 0.29) is 52.6 Å². The molecule has 3 fully saturated rings. The average Bonchev–Trinajstić information content (AvgIpc) is 2.61. The Morgan fingerprint density at radius 3 is 2.48 bits per heavy atom. The zero-order chi connectivity index (χ0) is 19.0. The molecule has 2 atom stereocenters. The monoisotopic (exact) mass is 414 g/mol. The van der Waals surface area contributed by atoms with Crippen LogP contribution in [0.4, 0.5) is 5.69 Å². The number of hydrogen-bond acceptors (Lipinski definition) is 6. The van der Waals surface area contributed by atoms with Crippen molar-refractivity contribution in [3.63, 3.8) is 0 Å². The minimum absolute atomic E-state index is 0. The van der Waals surface area contributed by atoms with E-state index in [0.29, 0.717) is 0 Å². The van der Waals surface area contributed by atoms with Crippen LogP contribution >= 0.6 is 24.0 Å². The summed E-state index contributed by atoms with van der Waals surface area (Å²) in [5.74, 6) is -1.73. The number of halogens is 2. The van der Waals surface area contributed by atoms with Gasteiger partial charge < -0.3 is 0 Å². The molecular weight excluding hydrogens is 395 g/mol. The Balaban J connectivity index is 0.00000261. The maximum absolute atomic E-state index is 12.8. The van der Waals surface area contributed by atoms with Gasteiger partial charge in [-0.2, -0.15) is 0 Å². The lowest BCUT2D eigenvalue weighted by Gasteiger charge is -2.44. The SMILES string of the molecule is CC(=O)C(CC1C(=O)C2CCN1CC2)C(=O)c1ccc(Cl)c([N+](=O)[O-])c1.Cl. The number of piperidine rings is 3. The van der Waals surface area contributed by atoms with Gasteiger partial charge in [-0.05, 0) is 51.4 Å². The number of benzene rings is 1. The van der Waals surface area contributed by atoms with E-state index in [4.69, 9.17) is 11.6 Å². The number of carbonyl (C=O) groups is 3. The van der Waals surface area contributed by atoms with E-state index in [1.165, 1.54) is 19.1 Å². The van der Waals surface area contributed by atoms with E-state index in [2.05, 4.69) is 0 Å². The highest BCUT2D eigenvalue weighted by Gasteiger charge is 2.43. The molecule has 2 unspecified atom stereocenters. The number of hydrogen-bond donors (Lipinski definition) is 0. The number of fused-ring (bicyclic) bond motifs is 3. The first kappa shape index (κ1) is 21.5. The van der Waals surface area contributed by atoms with E-state index in [9.17, 15) is 24.5 Å². The van der Waals surface area contributed by atoms with Crippen LogP contribution in [-0.4, -0.2) is 46.3 Å². The lowest BCUT2D eigenvalue weighted by molar-refractivity contribution is -0.384. The molecule has 3 aliphatic rings. The van der Waals surface area contributed by atoms with Crippen molar-refractivity contribution in [1.82, 2.24) is 4.90 Å². The van der Waals surface area contributed by atoms with Crippen LogP contribution in [0.3, 0.4) is 0 Å². The maximum atomic E-state index is 12.8. The second-order valence-corrected chi connectivity index (χ2v) is 7.32. The zero-order valence-corrected chi connectivity index (χ0v) is 16.3. The Morgan fingerprint density at radius 1 is 1.33 bits per heavy atom. The summed E-state index contributed by atoms with van der Waals surface area (Å²) in [7, 11) is 0. The van der Waals surface area contributed by atoms with Gasteiger partial charge in [0.2, 0.25) is 0 Å². The molecule has 2 bridgehead atoms. The van der Waals surface area contributed by atoms with Gasteiger partial charge in [0.25, 0.3) is 5.69 Å². The Labute approximate surface area is 167 Å². The second-order valence-electron chi connectivity index (χ2n) is 6.91. The lowest BCUT2D eigenvalue weighted by Crippen LogP contribution is -2.56. The van der Waals surface area contributed by atoms with Crippen LogP contribution in [-0.2, 0) is 9.59 Å². The molecular formula is C18H20Cl2N2O5. The second kappa shape index (κ2) is 8.46. The van der Waals surface area contributed by atoms with Crippen LogP contribution in [0.1, 0.15) is 36.5 Å². The van der Waals surface area contributed by atoms with Gasteiger partial charge in [0.15, 0.2) is 11.6 Å². The molecule has 146 valence electrons. The highest BCUT2D eigenvalue weighted by Crippen LogP contribution is 2.33. The third-order valence-corrected chi connectivity index (χ3v) is 5.71. The van der Waals surface area contributed by atoms with E-state index in [1.807, 2.05) is 4.90 Å². The molecule has 3 heterocycles. The molecule has 0 spiro atoms. The predicted octanol–water partition coefficient (Wildman–Crippen LogP) is 3.11. The Hall–Kier alpha value is -1.83. The topological polar surface area (TPSA) is 97.6 Å². The Morgan fingerprint density at radius 2 is 1.96 bits per heavy atom. The van der Waals surface area contributed by atoms with Gasteiger partial charge in [-0.15, -0.1) is 12.4 Å². The Bertz CT molecular complexity index is 790. The number of nitro benzene ring substituents is 1. The zero-order valence-electron chi connectivity index (χ0n) is 14.7. The summed E-state index contributed by atoms with van der Waals surface area (Å²) in [6, 6.07) is 3.32. The van der Waals surface area contributed by atoms with E-state index >= 15 is 0 Å². The van der Waals surface area contributed by atoms with Crippen LogP contribution in [0, 0.1) is 22.0 Å². The third-order valence-electron chi connectivity index (χ3n) is 5.39. The highest BCUT2D eigenvalue weighted by atomic mass is 35.5. The minimum Gasteiger partial charge on any atom is -0.299 e. The molecule has 0 saturated carbocycles. The highest BCUT2D eigenvalue weighted by molar-refractivity contribution is 6.32. The summed E-state index contributed by atoms with van der Waals surface area (Å²) < 4.78 is 0. The van der Waals surface area contributed by atoms with Crippen LogP contribution in [0.5, 0.6) is 0 Å². The van der Waals surface area contributed by atoms with Crippen molar-refractivity contribution in [2.45, 2.75) is 32.2 Å². The van der Waals surface area contributed by atoms with Crippen molar-refractivity contribution in [3.05, 3.63) is 38.9 Å². The standard InChI is InChI=1S/C18H19ClN2O5.ClH/c1-10(22)13(9-16-18(24)11-4-6-20(16)7-5-11)17(23)12-2-3-14(19)15(8-12)21(25)26;/h2-3,8,11,13,16H,4-7,9H2,1H3;1H. The maximum Gasteiger partial charge on any atom is 0.288 e. The number of Topliss-reactive ketones (excluding diaryl/α,β-unsaturated/α-hetero) is 3. The fourth-order valence-corrected chi connectivity index (χ4v) is 4.09. The van der Waals surface area contributed by atoms with Crippen LogP contribution in [0.2, 0.25) is 5.02 Å². The van der Waals surface area contributed by atoms with Gasteiger partial charge in [-0.25, -0.2) is 0 Å². The van der Waals surface area contributed by atoms with E-state index < -0.39 is 22.7 Å². The van der Waals surface area contributed by atoms with Gasteiger partial charge in [-0.1, -0.05) is 11.6 Å². The predicted molar refractivity (Wildman–Crippen MR) is 102 cm³/mol. The molecule has 27 heavy (non-hydrogen) atoms. The minimum atomic E-state index is -0.996. The van der Waals surface area contributed by atoms with E-state index in [1.54, 1.807) is 0 Å². The molecule has 0 radical (unpaired) electrons. The normalized spacial score (nSPS) is 24.8. The van der Waals surface area contributed by atoms with Gasteiger partial charge >= 0.3 is 0 Å². The summed E-state index contributed by atoms with van der Waals surface area (Å²) in [6.45, 7) is 2.91. The molecule has 7 nitrogen and oxygen atoms in total. The van der Waals surface area contributed by atoms with Gasteiger partial charge in [0.05, 0.1) is 16.9 Å². The Kier molecular flexibility index (Phi) is 6.72. The number of ketones is 3. The molecule has 9 heteroatoms. The molecule has 3 saturated heterocycles. The van der Waals surface area contributed by atoms with Gasteiger partial charge in [0.1, 0.15) is 10.8 Å². The van der Waals surface area contributed by atoms with E-state index in [0.717, 1.165) is 32.0 Å². The summed E-state index contributed by atoms with van der Waals surface area (Å²) in [5.41, 5.74) is -0.318. The molecule has 0 N–H and O–H groups in total. The quantitative estimate of drug-likeness (QED) is 0.307. The van der Waals surface area contributed by atoms with Crippen LogP contribution in [0.25, 0.3) is 0 Å². The molecule has 1 aromatic carbocycles. The van der Waals surface area contributed by atoms with Crippen molar-refractivity contribution >= 4 is 47.0 Å². The smallest absolute Gasteiger partial charge is 0.288 e. The van der Waals surface area contributed by atoms with Crippen molar-refractivity contribution in [3.8, 4) is 0 Å². The molecule has 3 aliphatic heterocycles. The fourth-order valence-electron chi connectivity index (χ4n) is 3.90. The van der Waals surface area contributed by atoms with Crippen LogP contribution < -0.4 is 0 Å². The molecule has 0 aromatic heterocycles. The number of nitro groups is 1. The number of nitrogens with zero attached hydrogens (tertiary/aromatic N) is 2. The van der Waals surface area contributed by atoms with Gasteiger partial charge in [0, 0.05) is 17.5 Å². The summed E-state index contributed by atoms with van der Waals surface area (Å²) >= 11 is 5.78. The third kappa shape index (κ3) is 4.20. The molecule has 1 aromatic rings. The summed E-state index contributed by atoms with van der Waals surface area (Å²) in [6.07, 6.45) is 1.79. The number of rotatable bonds is 6. The van der Waals surface area contributed by atoms with Crippen molar-refractivity contribution in [1.29, 1.82) is 0 Å². The largest absolute Gasteiger partial charge is 0.299 e. The first-order valence-corrected chi connectivity index (χ1v) is 8.93. The van der Waals surface area contributed by atoms with Crippen molar-refractivity contribution in [2.24, 2.45) is 11.8 Å². The molecule has 0 amide bonds. The summed E-state index contributed by atoms with van der Waals surface area (Å²) in [4.78, 5) is 49.9. The van der Waals surface area contributed by atoms with Crippen molar-refractivity contribution in [2.75, 3.05) is 13.1 Å². The van der Waals surface area contributed by atoms with Crippen molar-refractivity contribution < 1.29 is 19.3 Å². The first-order valence-electron chi connectivity index (χ1n) is 8.56.